The molecular weight excluding hydrogens is 230 g/mol. The molecule has 0 saturated heterocycles. The normalized spacial score (nSPS) is 10.9. The third-order valence-electron chi connectivity index (χ3n) is 2.33. The van der Waals surface area contributed by atoms with Gasteiger partial charge in [-0.1, -0.05) is 31.5 Å². The molecule has 17 heavy (non-hydrogen) atoms. The molecule has 0 aliphatic heterocycles. The van der Waals surface area contributed by atoms with E-state index in [1.54, 1.807) is 16.2 Å². The van der Waals surface area contributed by atoms with Crippen molar-refractivity contribution in [3.63, 3.8) is 0 Å². The van der Waals surface area contributed by atoms with Gasteiger partial charge in [0.1, 0.15) is 5.69 Å². The highest BCUT2D eigenvalue weighted by atomic mass is 32.1. The van der Waals surface area contributed by atoms with Gasteiger partial charge in [-0.15, -0.1) is 0 Å². The summed E-state index contributed by atoms with van der Waals surface area (Å²) in [6.07, 6.45) is 7.34. The maximum absolute atomic E-state index is 4.47. The average molecular weight is 243 g/mol. The number of nitrogens with zero attached hydrogens (tertiary/aromatic N) is 3. The molecule has 0 atom stereocenters. The minimum absolute atomic E-state index is 0.719. The third-order valence-corrected chi connectivity index (χ3v) is 2.73. The molecule has 86 valence electrons. The lowest BCUT2D eigenvalue weighted by molar-refractivity contribution is 1.18. The van der Waals surface area contributed by atoms with Gasteiger partial charge in [-0.25, -0.2) is 4.98 Å². The fraction of sp³-hybridized carbons (Fsp3) is 0.0769. The number of hydrogen-bond donors (Lipinski definition) is 1. The zero-order valence-electron chi connectivity index (χ0n) is 9.54. The first-order valence-corrected chi connectivity index (χ1v) is 5.66. The Morgan fingerprint density at radius 1 is 1.41 bits per heavy atom. The molecular formula is C13H13N3S. The summed E-state index contributed by atoms with van der Waals surface area (Å²) in [4.78, 5) is 8.74. The first-order valence-electron chi connectivity index (χ1n) is 5.26. The summed E-state index contributed by atoms with van der Waals surface area (Å²) in [6, 6.07) is 5.70. The second-order valence-electron chi connectivity index (χ2n) is 3.44. The number of imidazole rings is 1. The van der Waals surface area contributed by atoms with Crippen molar-refractivity contribution in [3.05, 3.63) is 48.4 Å². The highest BCUT2D eigenvalue weighted by Gasteiger charge is 2.13. The highest BCUT2D eigenvalue weighted by molar-refractivity contribution is 7.78. The number of thiol groups is 1. The van der Waals surface area contributed by atoms with Gasteiger partial charge in [0, 0.05) is 6.20 Å². The van der Waals surface area contributed by atoms with Crippen LogP contribution in [0.3, 0.4) is 0 Å². The van der Waals surface area contributed by atoms with Crippen molar-refractivity contribution < 1.29 is 0 Å². The van der Waals surface area contributed by atoms with E-state index in [-0.39, 0.29) is 0 Å². The van der Waals surface area contributed by atoms with Crippen LogP contribution < -0.4 is 0 Å². The Hall–Kier alpha value is -1.81. The van der Waals surface area contributed by atoms with Crippen LogP contribution in [0.5, 0.6) is 0 Å². The molecule has 0 bridgehead atoms. The standard InChI is InChI=1S/C13H13N3S/c1-3-7-12-10(4-2)15-13(16(12)17)11-8-5-6-9-14-11/h3-9,17H,2H2,1H3/b7-3-. The first-order chi connectivity index (χ1) is 8.27. The van der Waals surface area contributed by atoms with Crippen molar-refractivity contribution in [2.75, 3.05) is 0 Å². The molecule has 2 rings (SSSR count). The van der Waals surface area contributed by atoms with Gasteiger partial charge in [-0.3, -0.25) is 8.96 Å². The van der Waals surface area contributed by atoms with Crippen LogP contribution in [-0.2, 0) is 0 Å². The van der Waals surface area contributed by atoms with E-state index >= 15 is 0 Å². The summed E-state index contributed by atoms with van der Waals surface area (Å²) in [7, 11) is 0. The lowest BCUT2D eigenvalue weighted by Crippen LogP contribution is -1.91. The fourth-order valence-electron chi connectivity index (χ4n) is 1.57. The second-order valence-corrected chi connectivity index (χ2v) is 3.84. The zero-order valence-corrected chi connectivity index (χ0v) is 10.4. The molecule has 2 aromatic rings. The van der Waals surface area contributed by atoms with E-state index in [0.717, 1.165) is 22.9 Å². The topological polar surface area (TPSA) is 30.7 Å². The average Bonchev–Trinajstić information content (AvgIpc) is 2.69. The van der Waals surface area contributed by atoms with E-state index in [0.29, 0.717) is 0 Å². The molecule has 0 saturated carbocycles. The molecule has 0 unspecified atom stereocenters. The minimum atomic E-state index is 0.719. The van der Waals surface area contributed by atoms with E-state index in [9.17, 15) is 0 Å². The van der Waals surface area contributed by atoms with Gasteiger partial charge in [0.2, 0.25) is 0 Å². The third kappa shape index (κ3) is 2.17. The Labute approximate surface area is 106 Å². The van der Waals surface area contributed by atoms with Crippen LogP contribution in [0.4, 0.5) is 0 Å². The molecule has 4 heteroatoms. The van der Waals surface area contributed by atoms with Gasteiger partial charge in [0.05, 0.1) is 11.4 Å². The summed E-state index contributed by atoms with van der Waals surface area (Å²) < 4.78 is 1.72. The number of aromatic nitrogens is 3. The second kappa shape index (κ2) is 5.01. The van der Waals surface area contributed by atoms with Gasteiger partial charge in [0.15, 0.2) is 5.82 Å². The Morgan fingerprint density at radius 3 is 2.82 bits per heavy atom. The molecule has 0 fully saturated rings. The highest BCUT2D eigenvalue weighted by Crippen LogP contribution is 2.23. The number of pyridine rings is 1. The summed E-state index contributed by atoms with van der Waals surface area (Å²) in [6.45, 7) is 5.71. The molecule has 0 amide bonds. The zero-order chi connectivity index (χ0) is 12.3. The minimum Gasteiger partial charge on any atom is -0.267 e. The molecule has 2 heterocycles. The molecule has 0 radical (unpaired) electrons. The smallest absolute Gasteiger partial charge is 0.169 e. The molecule has 0 aliphatic carbocycles. The van der Waals surface area contributed by atoms with Crippen molar-refractivity contribution in [3.8, 4) is 11.5 Å². The summed E-state index contributed by atoms with van der Waals surface area (Å²) in [5.41, 5.74) is 2.51. The quantitative estimate of drug-likeness (QED) is 0.838. The van der Waals surface area contributed by atoms with Gasteiger partial charge in [-0.2, -0.15) is 0 Å². The van der Waals surface area contributed by atoms with Crippen molar-refractivity contribution in [1.82, 2.24) is 13.9 Å². The van der Waals surface area contributed by atoms with E-state index in [1.807, 2.05) is 37.3 Å². The van der Waals surface area contributed by atoms with Crippen LogP contribution in [0.2, 0.25) is 0 Å². The summed E-state index contributed by atoms with van der Waals surface area (Å²) in [5, 5.41) is 0. The van der Waals surface area contributed by atoms with Gasteiger partial charge >= 0.3 is 0 Å². The largest absolute Gasteiger partial charge is 0.267 e. The molecule has 2 aromatic heterocycles. The number of allylic oxidation sites excluding steroid dienone is 1. The Morgan fingerprint density at radius 2 is 2.24 bits per heavy atom. The van der Waals surface area contributed by atoms with Gasteiger partial charge in [0.25, 0.3) is 0 Å². The van der Waals surface area contributed by atoms with Gasteiger partial charge < -0.3 is 0 Å². The molecule has 0 aromatic carbocycles. The van der Waals surface area contributed by atoms with Crippen molar-refractivity contribution in [1.29, 1.82) is 0 Å². The molecule has 0 N–H and O–H groups in total. The van der Waals surface area contributed by atoms with Crippen LogP contribution in [0.15, 0.2) is 37.1 Å². The van der Waals surface area contributed by atoms with Crippen LogP contribution in [0, 0.1) is 0 Å². The lowest BCUT2D eigenvalue weighted by atomic mass is 10.3. The van der Waals surface area contributed by atoms with E-state index in [4.69, 9.17) is 0 Å². The maximum Gasteiger partial charge on any atom is 0.169 e. The predicted molar refractivity (Wildman–Crippen MR) is 74.6 cm³/mol. The number of rotatable bonds is 3. The molecule has 3 nitrogen and oxygen atoms in total. The van der Waals surface area contributed by atoms with E-state index in [1.165, 1.54) is 0 Å². The van der Waals surface area contributed by atoms with Gasteiger partial charge in [-0.05, 0) is 31.2 Å². The predicted octanol–water partition coefficient (Wildman–Crippen LogP) is 3.31. The monoisotopic (exact) mass is 243 g/mol. The summed E-state index contributed by atoms with van der Waals surface area (Å²) in [5.74, 6) is 0.719. The fourth-order valence-corrected chi connectivity index (χ4v) is 1.88. The van der Waals surface area contributed by atoms with Crippen LogP contribution >= 0.6 is 12.8 Å². The van der Waals surface area contributed by atoms with Crippen molar-refractivity contribution >= 4 is 25.0 Å². The van der Waals surface area contributed by atoms with Crippen LogP contribution in [-0.4, -0.2) is 13.9 Å². The first kappa shape index (κ1) is 11.7. The molecule has 0 aliphatic rings. The lowest BCUT2D eigenvalue weighted by Gasteiger charge is -2.00. The Kier molecular flexibility index (Phi) is 3.44. The SMILES string of the molecule is C=Cc1nc(-c2ccccn2)n(S)c1/C=C\C. The van der Waals surface area contributed by atoms with E-state index < -0.39 is 0 Å². The van der Waals surface area contributed by atoms with Crippen LogP contribution in [0.25, 0.3) is 23.7 Å². The summed E-state index contributed by atoms with van der Waals surface area (Å²) >= 11 is 4.45. The Bertz CT molecular complexity index is 556. The maximum atomic E-state index is 4.47. The van der Waals surface area contributed by atoms with Crippen LogP contribution in [0.1, 0.15) is 18.3 Å². The molecule has 0 spiro atoms. The van der Waals surface area contributed by atoms with E-state index in [2.05, 4.69) is 29.4 Å². The van der Waals surface area contributed by atoms with Crippen molar-refractivity contribution in [2.24, 2.45) is 0 Å². The Balaban J connectivity index is 2.61. The number of hydrogen-bond acceptors (Lipinski definition) is 3. The van der Waals surface area contributed by atoms with Crippen molar-refractivity contribution in [2.45, 2.75) is 6.92 Å².